The first kappa shape index (κ1) is 22.7. The number of rotatable bonds is 4. The summed E-state index contributed by atoms with van der Waals surface area (Å²) in [5.74, 6) is 0.227. The van der Waals surface area contributed by atoms with Gasteiger partial charge in [-0.3, -0.25) is 9.48 Å². The lowest BCUT2D eigenvalue weighted by Gasteiger charge is -2.41. The quantitative estimate of drug-likeness (QED) is 0.819. The van der Waals surface area contributed by atoms with Crippen molar-refractivity contribution in [3.05, 3.63) is 53.3 Å². The molecule has 154 valence electrons. The van der Waals surface area contributed by atoms with Crippen LogP contribution in [0.4, 0.5) is 0 Å². The molecular weight excluding hydrogens is 395 g/mol. The number of carbonyl (C=O) groups is 1. The van der Waals surface area contributed by atoms with Gasteiger partial charge in [0, 0.05) is 42.9 Å². The molecule has 0 aliphatic carbocycles. The van der Waals surface area contributed by atoms with E-state index in [-0.39, 0.29) is 36.1 Å². The monoisotopic (exact) mass is 424 g/mol. The molecule has 2 N–H and O–H groups in total. The van der Waals surface area contributed by atoms with E-state index in [0.29, 0.717) is 13.0 Å². The molecule has 2 aromatic rings. The second-order valence-corrected chi connectivity index (χ2v) is 7.70. The van der Waals surface area contributed by atoms with Gasteiger partial charge in [-0.1, -0.05) is 30.3 Å². The summed E-state index contributed by atoms with van der Waals surface area (Å²) in [5, 5.41) is 4.46. The number of nitrogens with two attached hydrogens (primary N) is 1. The van der Waals surface area contributed by atoms with E-state index in [1.165, 1.54) is 24.1 Å². The number of nitrogens with zero attached hydrogens (tertiary/aromatic N) is 3. The second-order valence-electron chi connectivity index (χ2n) is 7.70. The predicted molar refractivity (Wildman–Crippen MR) is 116 cm³/mol. The summed E-state index contributed by atoms with van der Waals surface area (Å²) in [6, 6.07) is 10.5. The number of likely N-dealkylation sites (tertiary alicyclic amines) is 1. The van der Waals surface area contributed by atoms with Crippen LogP contribution in [-0.2, 0) is 29.6 Å². The Hall–Kier alpha value is -1.56. The van der Waals surface area contributed by atoms with Crippen molar-refractivity contribution in [1.29, 1.82) is 0 Å². The zero-order valence-corrected chi connectivity index (χ0v) is 17.8. The number of benzene rings is 1. The molecule has 5 nitrogen and oxygen atoms in total. The van der Waals surface area contributed by atoms with Gasteiger partial charge in [0.1, 0.15) is 0 Å². The molecule has 3 heterocycles. The first-order valence-corrected chi connectivity index (χ1v) is 9.79. The molecule has 0 bridgehead atoms. The van der Waals surface area contributed by atoms with Gasteiger partial charge in [0.2, 0.25) is 5.91 Å². The highest BCUT2D eigenvalue weighted by molar-refractivity contribution is 5.85. The van der Waals surface area contributed by atoms with Gasteiger partial charge in [-0.25, -0.2) is 0 Å². The highest BCUT2D eigenvalue weighted by atomic mass is 35.5. The van der Waals surface area contributed by atoms with E-state index >= 15 is 0 Å². The average Bonchev–Trinajstić information content (AvgIpc) is 3.11. The van der Waals surface area contributed by atoms with Gasteiger partial charge < -0.3 is 10.6 Å². The van der Waals surface area contributed by atoms with Crippen molar-refractivity contribution in [2.75, 3.05) is 19.6 Å². The van der Waals surface area contributed by atoms with Crippen molar-refractivity contribution in [2.24, 2.45) is 5.73 Å². The molecule has 2 aliphatic heterocycles. The number of aryl methyl sites for hydroxylation is 1. The fourth-order valence-corrected chi connectivity index (χ4v) is 4.49. The minimum Gasteiger partial charge on any atom is -0.342 e. The minimum atomic E-state index is 0. The molecule has 0 spiro atoms. The number of fused-ring (bicyclic) bond motifs is 1. The van der Waals surface area contributed by atoms with Crippen LogP contribution in [0, 0.1) is 0 Å². The van der Waals surface area contributed by atoms with Crippen LogP contribution in [0.5, 0.6) is 0 Å². The van der Waals surface area contributed by atoms with Crippen molar-refractivity contribution in [2.45, 2.75) is 50.5 Å². The molecule has 0 radical (unpaired) electrons. The molecule has 1 aromatic carbocycles. The van der Waals surface area contributed by atoms with Gasteiger partial charge in [-0.15, -0.1) is 24.8 Å². The molecule has 1 amide bonds. The molecular formula is C21H30Cl2N4O. The van der Waals surface area contributed by atoms with Crippen LogP contribution in [0.3, 0.4) is 0 Å². The average molecular weight is 425 g/mol. The summed E-state index contributed by atoms with van der Waals surface area (Å²) in [6.45, 7) is 3.20. The van der Waals surface area contributed by atoms with Crippen LogP contribution >= 0.6 is 24.8 Å². The Morgan fingerprint density at radius 2 is 1.79 bits per heavy atom. The van der Waals surface area contributed by atoms with Crippen LogP contribution in [0.1, 0.15) is 42.5 Å². The normalized spacial score (nSPS) is 17.8. The van der Waals surface area contributed by atoms with Gasteiger partial charge in [0.25, 0.3) is 0 Å². The van der Waals surface area contributed by atoms with E-state index in [0.717, 1.165) is 44.5 Å². The van der Waals surface area contributed by atoms with Gasteiger partial charge in [-0.05, 0) is 37.7 Å². The Morgan fingerprint density at radius 1 is 1.07 bits per heavy atom. The Bertz CT molecular complexity index is 770. The molecule has 0 atom stereocenters. The Kier molecular flexibility index (Phi) is 7.93. The highest BCUT2D eigenvalue weighted by Gasteiger charge is 2.36. The first-order valence-electron chi connectivity index (χ1n) is 9.79. The van der Waals surface area contributed by atoms with Gasteiger partial charge in [0.15, 0.2) is 0 Å². The maximum absolute atomic E-state index is 12.8. The summed E-state index contributed by atoms with van der Waals surface area (Å²) < 4.78 is 2.08. The Balaban J connectivity index is 0.00000140. The van der Waals surface area contributed by atoms with E-state index in [4.69, 9.17) is 5.73 Å². The van der Waals surface area contributed by atoms with Gasteiger partial charge in [0.05, 0.1) is 12.6 Å². The van der Waals surface area contributed by atoms with Crippen LogP contribution in [0.15, 0.2) is 36.5 Å². The number of halogens is 2. The maximum Gasteiger partial charge on any atom is 0.227 e. The summed E-state index contributed by atoms with van der Waals surface area (Å²) in [6.07, 6.45) is 7.69. The lowest BCUT2D eigenvalue weighted by atomic mass is 9.73. The van der Waals surface area contributed by atoms with E-state index in [1.54, 1.807) is 0 Å². The van der Waals surface area contributed by atoms with Crippen molar-refractivity contribution in [3.8, 4) is 0 Å². The second kappa shape index (κ2) is 9.77. The lowest BCUT2D eigenvalue weighted by molar-refractivity contribution is -0.132. The highest BCUT2D eigenvalue weighted by Crippen LogP contribution is 2.34. The smallest absolute Gasteiger partial charge is 0.227 e. The Labute approximate surface area is 179 Å². The van der Waals surface area contributed by atoms with E-state index in [2.05, 4.69) is 34.0 Å². The van der Waals surface area contributed by atoms with Gasteiger partial charge in [-0.2, -0.15) is 5.10 Å². The van der Waals surface area contributed by atoms with E-state index in [9.17, 15) is 4.79 Å². The molecule has 2 aliphatic rings. The number of piperidine rings is 1. The number of hydrogen-bond acceptors (Lipinski definition) is 3. The topological polar surface area (TPSA) is 64.2 Å². The lowest BCUT2D eigenvalue weighted by Crippen LogP contribution is -2.48. The van der Waals surface area contributed by atoms with Crippen molar-refractivity contribution in [1.82, 2.24) is 14.7 Å². The molecule has 0 saturated carbocycles. The summed E-state index contributed by atoms with van der Waals surface area (Å²) in [4.78, 5) is 14.9. The zero-order valence-electron chi connectivity index (χ0n) is 16.2. The molecule has 1 saturated heterocycles. The zero-order chi connectivity index (χ0) is 18.0. The first-order chi connectivity index (χ1) is 12.7. The molecule has 0 unspecified atom stereocenters. The molecule has 28 heavy (non-hydrogen) atoms. The van der Waals surface area contributed by atoms with Crippen LogP contribution in [0.25, 0.3) is 0 Å². The fourth-order valence-electron chi connectivity index (χ4n) is 4.49. The number of carbonyl (C=O) groups excluding carboxylic acids is 1. The van der Waals surface area contributed by atoms with Gasteiger partial charge >= 0.3 is 0 Å². The molecule has 1 aromatic heterocycles. The predicted octanol–water partition coefficient (Wildman–Crippen LogP) is 3.12. The fraction of sp³-hybridized carbons (Fsp3) is 0.524. The summed E-state index contributed by atoms with van der Waals surface area (Å²) >= 11 is 0. The molecule has 1 fully saturated rings. The Morgan fingerprint density at radius 3 is 2.46 bits per heavy atom. The van der Waals surface area contributed by atoms with E-state index < -0.39 is 0 Å². The third-order valence-corrected chi connectivity index (χ3v) is 6.26. The number of amides is 1. The maximum atomic E-state index is 12.8. The van der Waals surface area contributed by atoms with Crippen LogP contribution in [-0.4, -0.2) is 40.2 Å². The number of hydrogen-bond donors (Lipinski definition) is 1. The third kappa shape index (κ3) is 4.37. The standard InChI is InChI=1S/C21H28N4O.2ClH/c22-16-21(18-6-2-1-3-7-18)9-12-24(13-10-21)20(26)14-17-15-23-25-11-5-4-8-19(17)25;;/h1-3,6-7,15H,4-5,8-14,16,22H2;2*1H. The number of aromatic nitrogens is 2. The van der Waals surface area contributed by atoms with E-state index in [1.807, 2.05) is 17.2 Å². The van der Waals surface area contributed by atoms with Crippen molar-refractivity contribution >= 4 is 30.7 Å². The largest absolute Gasteiger partial charge is 0.342 e. The molecule has 7 heteroatoms. The van der Waals surface area contributed by atoms with Crippen LogP contribution in [0.2, 0.25) is 0 Å². The molecule has 4 rings (SSSR count). The minimum absolute atomic E-state index is 0. The SMILES string of the molecule is Cl.Cl.NCC1(c2ccccc2)CCN(C(=O)Cc2cnn3c2CCCC3)CC1. The summed E-state index contributed by atoms with van der Waals surface area (Å²) in [7, 11) is 0. The van der Waals surface area contributed by atoms with Crippen LogP contribution < -0.4 is 5.73 Å². The third-order valence-electron chi connectivity index (χ3n) is 6.26. The van der Waals surface area contributed by atoms with Crippen molar-refractivity contribution in [3.63, 3.8) is 0 Å². The summed E-state index contributed by atoms with van der Waals surface area (Å²) in [5.41, 5.74) is 9.86. The van der Waals surface area contributed by atoms with Crippen molar-refractivity contribution < 1.29 is 4.79 Å².